The molecule has 4 rings (SSSR count). The fourth-order valence-electron chi connectivity index (χ4n) is 2.65. The van der Waals surface area contributed by atoms with Crippen molar-refractivity contribution in [1.29, 1.82) is 0 Å². The topological polar surface area (TPSA) is 78.9 Å². The van der Waals surface area contributed by atoms with E-state index in [1.807, 2.05) is 31.4 Å². The van der Waals surface area contributed by atoms with Crippen molar-refractivity contribution in [1.82, 2.24) is 9.59 Å². The van der Waals surface area contributed by atoms with E-state index in [0.29, 0.717) is 0 Å². The van der Waals surface area contributed by atoms with E-state index < -0.39 is 5.41 Å². The predicted octanol–water partition coefficient (Wildman–Crippen LogP) is 2.30. The number of hydrogen-bond acceptors (Lipinski definition) is 6. The van der Waals surface area contributed by atoms with Crippen molar-refractivity contribution < 1.29 is 4.79 Å². The second-order valence-electron chi connectivity index (χ2n) is 5.57. The number of aromatic nitrogens is 2. The Hall–Kier alpha value is -2.15. The van der Waals surface area contributed by atoms with Crippen LogP contribution in [0.15, 0.2) is 17.5 Å². The maximum Gasteiger partial charge on any atom is 0.234 e. The standard InChI is InChI=1S/C13H13N5OS/c1-13(2)6-3-8-9(4-7(6)16-12(13)19)15-11(14-8)10-5-20-18-17-10/h3-5,11,14-15H,1-2H3,(H,16,19). The summed E-state index contributed by atoms with van der Waals surface area (Å²) in [6, 6.07) is 4.01. The van der Waals surface area contributed by atoms with Crippen molar-refractivity contribution in [3.05, 3.63) is 28.8 Å². The molecule has 0 radical (unpaired) electrons. The first kappa shape index (κ1) is 11.7. The Morgan fingerprint density at radius 1 is 1.20 bits per heavy atom. The third kappa shape index (κ3) is 1.46. The summed E-state index contributed by atoms with van der Waals surface area (Å²) in [5.41, 5.74) is 4.24. The van der Waals surface area contributed by atoms with Gasteiger partial charge in [0.15, 0.2) is 0 Å². The van der Waals surface area contributed by atoms with E-state index in [-0.39, 0.29) is 12.1 Å². The lowest BCUT2D eigenvalue weighted by Crippen LogP contribution is -2.26. The summed E-state index contributed by atoms with van der Waals surface area (Å²) < 4.78 is 3.88. The molecule has 1 amide bonds. The van der Waals surface area contributed by atoms with E-state index in [0.717, 1.165) is 28.3 Å². The maximum absolute atomic E-state index is 12.0. The highest BCUT2D eigenvalue weighted by atomic mass is 32.1. The lowest BCUT2D eigenvalue weighted by molar-refractivity contribution is -0.119. The summed E-state index contributed by atoms with van der Waals surface area (Å²) in [6.07, 6.45) is -0.0647. The third-order valence-electron chi connectivity index (χ3n) is 3.92. The molecule has 1 unspecified atom stereocenters. The minimum Gasteiger partial charge on any atom is -0.359 e. The highest BCUT2D eigenvalue weighted by Gasteiger charge is 2.40. The normalized spacial score (nSPS) is 21.7. The maximum atomic E-state index is 12.0. The number of nitrogens with zero attached hydrogens (tertiary/aromatic N) is 2. The van der Waals surface area contributed by atoms with Gasteiger partial charge >= 0.3 is 0 Å². The van der Waals surface area contributed by atoms with Gasteiger partial charge in [0.05, 0.1) is 16.8 Å². The second kappa shape index (κ2) is 3.69. The molecule has 20 heavy (non-hydrogen) atoms. The SMILES string of the molecule is CC1(C)C(=O)Nc2cc3c(cc21)NC(c1csnn1)N3. The minimum absolute atomic E-state index is 0.0384. The van der Waals surface area contributed by atoms with Gasteiger partial charge in [-0.05, 0) is 43.1 Å². The molecule has 0 bridgehead atoms. The van der Waals surface area contributed by atoms with Gasteiger partial charge in [0.2, 0.25) is 5.91 Å². The van der Waals surface area contributed by atoms with E-state index in [2.05, 4.69) is 25.5 Å². The molecular weight excluding hydrogens is 274 g/mol. The summed E-state index contributed by atoms with van der Waals surface area (Å²) >= 11 is 1.33. The molecule has 3 heterocycles. The van der Waals surface area contributed by atoms with Crippen molar-refractivity contribution in [3.8, 4) is 0 Å². The van der Waals surface area contributed by atoms with Crippen molar-refractivity contribution in [2.24, 2.45) is 0 Å². The summed E-state index contributed by atoms with van der Waals surface area (Å²) in [7, 11) is 0. The summed E-state index contributed by atoms with van der Waals surface area (Å²) in [5.74, 6) is 0.0384. The Balaban J connectivity index is 1.74. The zero-order valence-corrected chi connectivity index (χ0v) is 11.8. The van der Waals surface area contributed by atoms with Gasteiger partial charge in [-0.2, -0.15) is 0 Å². The number of hydrogen-bond donors (Lipinski definition) is 3. The zero-order chi connectivity index (χ0) is 13.9. The Bertz CT molecular complexity index is 710. The first-order chi connectivity index (χ1) is 9.55. The molecule has 2 aliphatic rings. The van der Waals surface area contributed by atoms with Gasteiger partial charge in [0.1, 0.15) is 11.9 Å². The van der Waals surface area contributed by atoms with Crippen LogP contribution in [-0.4, -0.2) is 15.5 Å². The molecule has 102 valence electrons. The van der Waals surface area contributed by atoms with Crippen LogP contribution < -0.4 is 16.0 Å². The molecule has 0 fully saturated rings. The summed E-state index contributed by atoms with van der Waals surface area (Å²) in [4.78, 5) is 12.0. The quantitative estimate of drug-likeness (QED) is 0.750. The Labute approximate surface area is 119 Å². The molecule has 1 atom stereocenters. The fourth-order valence-corrected chi connectivity index (χ4v) is 3.13. The van der Waals surface area contributed by atoms with E-state index in [1.54, 1.807) is 0 Å². The van der Waals surface area contributed by atoms with Crippen molar-refractivity contribution in [2.75, 3.05) is 16.0 Å². The molecule has 0 spiro atoms. The molecule has 0 saturated heterocycles. The molecular formula is C13H13N5OS. The highest BCUT2D eigenvalue weighted by Crippen LogP contribution is 2.45. The van der Waals surface area contributed by atoms with Crippen LogP contribution in [0.5, 0.6) is 0 Å². The van der Waals surface area contributed by atoms with Gasteiger partial charge in [-0.15, -0.1) is 5.10 Å². The number of benzene rings is 1. The first-order valence-electron chi connectivity index (χ1n) is 6.36. The molecule has 7 heteroatoms. The Morgan fingerprint density at radius 2 is 1.95 bits per heavy atom. The van der Waals surface area contributed by atoms with Crippen molar-refractivity contribution in [3.63, 3.8) is 0 Å². The molecule has 0 aliphatic carbocycles. The summed E-state index contributed by atoms with van der Waals surface area (Å²) in [5, 5.41) is 15.6. The Kier molecular flexibility index (Phi) is 2.15. The molecule has 1 aromatic heterocycles. The van der Waals surface area contributed by atoms with E-state index >= 15 is 0 Å². The third-order valence-corrected chi connectivity index (χ3v) is 4.44. The zero-order valence-electron chi connectivity index (χ0n) is 11.0. The smallest absolute Gasteiger partial charge is 0.234 e. The number of rotatable bonds is 1. The highest BCUT2D eigenvalue weighted by molar-refractivity contribution is 7.03. The summed E-state index contributed by atoms with van der Waals surface area (Å²) in [6.45, 7) is 3.87. The Morgan fingerprint density at radius 3 is 2.65 bits per heavy atom. The first-order valence-corrected chi connectivity index (χ1v) is 7.19. The second-order valence-corrected chi connectivity index (χ2v) is 6.18. The lowest BCUT2D eigenvalue weighted by atomic mass is 9.86. The van der Waals surface area contributed by atoms with Crippen LogP contribution in [0, 0.1) is 0 Å². The van der Waals surface area contributed by atoms with Crippen LogP contribution in [0.1, 0.15) is 31.3 Å². The van der Waals surface area contributed by atoms with Gasteiger partial charge in [-0.3, -0.25) is 4.79 Å². The fraction of sp³-hybridized carbons (Fsp3) is 0.308. The lowest BCUT2D eigenvalue weighted by Gasteiger charge is -2.15. The van der Waals surface area contributed by atoms with Crippen LogP contribution in [0.3, 0.4) is 0 Å². The number of nitrogens with one attached hydrogen (secondary N) is 3. The monoisotopic (exact) mass is 287 g/mol. The van der Waals surface area contributed by atoms with Crippen LogP contribution >= 0.6 is 11.5 Å². The molecule has 3 N–H and O–H groups in total. The van der Waals surface area contributed by atoms with Crippen LogP contribution in [0.4, 0.5) is 17.1 Å². The van der Waals surface area contributed by atoms with Crippen LogP contribution in [0.25, 0.3) is 0 Å². The molecule has 1 aromatic carbocycles. The van der Waals surface area contributed by atoms with Crippen LogP contribution in [-0.2, 0) is 10.2 Å². The van der Waals surface area contributed by atoms with Gasteiger partial charge in [-0.25, -0.2) is 0 Å². The number of anilines is 3. The molecule has 6 nitrogen and oxygen atoms in total. The number of fused-ring (bicyclic) bond motifs is 2. The average Bonchev–Trinajstić information content (AvgIpc) is 3.08. The van der Waals surface area contributed by atoms with Gasteiger partial charge in [0.25, 0.3) is 0 Å². The van der Waals surface area contributed by atoms with Gasteiger partial charge < -0.3 is 16.0 Å². The number of carbonyl (C=O) groups excluding carboxylic acids is 1. The average molecular weight is 287 g/mol. The van der Waals surface area contributed by atoms with E-state index in [4.69, 9.17) is 0 Å². The van der Waals surface area contributed by atoms with E-state index in [9.17, 15) is 4.79 Å². The minimum atomic E-state index is -0.494. The van der Waals surface area contributed by atoms with Crippen LogP contribution in [0.2, 0.25) is 0 Å². The van der Waals surface area contributed by atoms with Crippen molar-refractivity contribution in [2.45, 2.75) is 25.4 Å². The molecule has 2 aliphatic heterocycles. The van der Waals surface area contributed by atoms with Gasteiger partial charge in [-0.1, -0.05) is 4.49 Å². The largest absolute Gasteiger partial charge is 0.359 e. The number of amides is 1. The van der Waals surface area contributed by atoms with Crippen molar-refractivity contribution >= 4 is 34.5 Å². The van der Waals surface area contributed by atoms with E-state index in [1.165, 1.54) is 11.5 Å². The molecule has 0 saturated carbocycles. The predicted molar refractivity (Wildman–Crippen MR) is 78.0 cm³/mol. The van der Waals surface area contributed by atoms with Gasteiger partial charge in [0, 0.05) is 11.1 Å². The number of carbonyl (C=O) groups is 1. The molecule has 2 aromatic rings.